The second-order valence-electron chi connectivity index (χ2n) is 5.90. The zero-order valence-electron chi connectivity index (χ0n) is 14.4. The van der Waals surface area contributed by atoms with E-state index in [0.717, 1.165) is 18.2 Å². The van der Waals surface area contributed by atoms with Crippen molar-refractivity contribution in [2.75, 3.05) is 0 Å². The fourth-order valence-corrected chi connectivity index (χ4v) is 2.58. The predicted molar refractivity (Wildman–Crippen MR) is 89.0 cm³/mol. The smallest absolute Gasteiger partial charge is 0.348 e. The molecule has 5 nitrogen and oxygen atoms in total. The van der Waals surface area contributed by atoms with Gasteiger partial charge < -0.3 is 5.32 Å². The van der Waals surface area contributed by atoms with Crippen LogP contribution in [0.3, 0.4) is 0 Å². The second-order valence-corrected chi connectivity index (χ2v) is 5.90. The molecule has 0 saturated carbocycles. The summed E-state index contributed by atoms with van der Waals surface area (Å²) in [5, 5.41) is 5.84. The van der Waals surface area contributed by atoms with Crippen molar-refractivity contribution in [1.82, 2.24) is 20.1 Å². The summed E-state index contributed by atoms with van der Waals surface area (Å²) in [6, 6.07) is 6.39. The zero-order chi connectivity index (χ0) is 21.2. The Morgan fingerprint density at radius 3 is 2.31 bits per heavy atom. The molecule has 2 aromatic heterocycles. The van der Waals surface area contributed by atoms with Crippen molar-refractivity contribution in [2.24, 2.45) is 0 Å². The molecule has 0 unspecified atom stereocenters. The molecule has 3 rings (SSSR count). The Balaban J connectivity index is 1.97. The molecule has 1 amide bonds. The van der Waals surface area contributed by atoms with Crippen molar-refractivity contribution in [1.29, 1.82) is 0 Å². The van der Waals surface area contributed by atoms with Gasteiger partial charge >= 0.3 is 12.4 Å². The molecule has 0 aliphatic rings. The number of hydrogen-bond donors (Lipinski definition) is 1. The first kappa shape index (κ1) is 20.4. The van der Waals surface area contributed by atoms with Crippen molar-refractivity contribution in [3.8, 4) is 5.69 Å². The van der Waals surface area contributed by atoms with Gasteiger partial charge in [0.1, 0.15) is 0 Å². The first-order valence-corrected chi connectivity index (χ1v) is 8.07. The summed E-state index contributed by atoms with van der Waals surface area (Å²) < 4.78 is 79.8. The number of aromatic nitrogens is 3. The number of amides is 1. The molecule has 2 heterocycles. The van der Waals surface area contributed by atoms with Crippen molar-refractivity contribution in [3.05, 3.63) is 77.4 Å². The van der Waals surface area contributed by atoms with Crippen LogP contribution in [0.15, 0.2) is 55.0 Å². The Hall–Kier alpha value is -3.37. The van der Waals surface area contributed by atoms with Gasteiger partial charge in [-0.2, -0.15) is 31.4 Å². The number of halogens is 6. The molecule has 3 aromatic rings. The third-order valence-corrected chi connectivity index (χ3v) is 3.90. The molecule has 1 aromatic carbocycles. The number of benzene rings is 1. The Morgan fingerprint density at radius 2 is 1.69 bits per heavy atom. The molecule has 0 aliphatic carbocycles. The molecule has 0 saturated heterocycles. The third-order valence-electron chi connectivity index (χ3n) is 3.90. The number of hydrogen-bond acceptors (Lipinski definition) is 3. The highest BCUT2D eigenvalue weighted by atomic mass is 19.4. The van der Waals surface area contributed by atoms with Crippen LogP contribution >= 0.6 is 0 Å². The van der Waals surface area contributed by atoms with Crippen LogP contribution in [-0.2, 0) is 18.9 Å². The number of nitrogens with zero attached hydrogens (tertiary/aromatic N) is 3. The molecule has 0 radical (unpaired) electrons. The average Bonchev–Trinajstić information content (AvgIpc) is 3.12. The van der Waals surface area contributed by atoms with Gasteiger partial charge in [-0.1, -0.05) is 6.07 Å². The van der Waals surface area contributed by atoms with E-state index in [4.69, 9.17) is 0 Å². The van der Waals surface area contributed by atoms with E-state index in [2.05, 4.69) is 15.4 Å². The van der Waals surface area contributed by atoms with Crippen LogP contribution in [-0.4, -0.2) is 20.7 Å². The van der Waals surface area contributed by atoms with E-state index in [1.54, 1.807) is 12.1 Å². The third kappa shape index (κ3) is 4.55. The monoisotopic (exact) mass is 414 g/mol. The summed E-state index contributed by atoms with van der Waals surface area (Å²) in [5.74, 6) is -1.06. The summed E-state index contributed by atoms with van der Waals surface area (Å²) >= 11 is 0. The van der Waals surface area contributed by atoms with Crippen LogP contribution < -0.4 is 5.32 Å². The predicted octanol–water partition coefficient (Wildman–Crippen LogP) is 4.23. The number of carbonyl (C=O) groups is 1. The highest BCUT2D eigenvalue weighted by molar-refractivity contribution is 5.95. The minimum absolute atomic E-state index is 0.0621. The Morgan fingerprint density at radius 1 is 1.00 bits per heavy atom. The van der Waals surface area contributed by atoms with Gasteiger partial charge in [-0.25, -0.2) is 4.68 Å². The summed E-state index contributed by atoms with van der Waals surface area (Å²) in [7, 11) is 0. The fourth-order valence-electron chi connectivity index (χ4n) is 2.58. The van der Waals surface area contributed by atoms with Crippen LogP contribution in [0.25, 0.3) is 5.69 Å². The lowest BCUT2D eigenvalue weighted by Gasteiger charge is -2.14. The van der Waals surface area contributed by atoms with Gasteiger partial charge in [0.15, 0.2) is 5.69 Å². The molecular formula is C18H12F6N4O. The standard InChI is InChI=1S/C18H12F6N4O/c19-17(20,21)12-2-1-3-13(8-12)28-15(18(22,23)24)14(10-27-28)16(29)26-9-11-4-6-25-7-5-11/h1-8,10H,9H2,(H,26,29). The van der Waals surface area contributed by atoms with Crippen molar-refractivity contribution in [2.45, 2.75) is 18.9 Å². The van der Waals surface area contributed by atoms with Gasteiger partial charge in [-0.05, 0) is 35.9 Å². The van der Waals surface area contributed by atoms with Gasteiger partial charge in [-0.15, -0.1) is 0 Å². The Labute approximate surface area is 160 Å². The van der Waals surface area contributed by atoms with E-state index in [1.165, 1.54) is 12.4 Å². The van der Waals surface area contributed by atoms with E-state index in [-0.39, 0.29) is 11.2 Å². The molecule has 152 valence electrons. The highest BCUT2D eigenvalue weighted by Crippen LogP contribution is 2.35. The molecule has 0 spiro atoms. The van der Waals surface area contributed by atoms with E-state index in [0.29, 0.717) is 17.8 Å². The fraction of sp³-hybridized carbons (Fsp3) is 0.167. The SMILES string of the molecule is O=C(NCc1ccncc1)c1cnn(-c2cccc(C(F)(F)F)c2)c1C(F)(F)F. The maximum absolute atomic E-state index is 13.6. The minimum Gasteiger partial charge on any atom is -0.348 e. The van der Waals surface area contributed by atoms with Crippen LogP contribution in [0.5, 0.6) is 0 Å². The zero-order valence-corrected chi connectivity index (χ0v) is 14.4. The Kier molecular flexibility index (Phi) is 5.31. The lowest BCUT2D eigenvalue weighted by atomic mass is 10.1. The van der Waals surface area contributed by atoms with Crippen molar-refractivity contribution < 1.29 is 31.1 Å². The van der Waals surface area contributed by atoms with E-state index < -0.39 is 40.8 Å². The molecule has 11 heteroatoms. The van der Waals surface area contributed by atoms with Crippen molar-refractivity contribution in [3.63, 3.8) is 0 Å². The van der Waals surface area contributed by atoms with Gasteiger partial charge in [0.2, 0.25) is 0 Å². The molecule has 0 atom stereocenters. The quantitative estimate of drug-likeness (QED) is 0.650. The van der Waals surface area contributed by atoms with Crippen molar-refractivity contribution >= 4 is 5.91 Å². The molecule has 29 heavy (non-hydrogen) atoms. The summed E-state index contributed by atoms with van der Waals surface area (Å²) in [6.07, 6.45) is -6.20. The number of rotatable bonds is 4. The first-order chi connectivity index (χ1) is 13.6. The largest absolute Gasteiger partial charge is 0.434 e. The van der Waals surface area contributed by atoms with E-state index >= 15 is 0 Å². The first-order valence-electron chi connectivity index (χ1n) is 8.07. The normalized spacial score (nSPS) is 12.1. The summed E-state index contributed by atoms with van der Waals surface area (Å²) in [5.41, 5.74) is -3.28. The van der Waals surface area contributed by atoms with Gasteiger partial charge in [0.05, 0.1) is 23.0 Å². The lowest BCUT2D eigenvalue weighted by Crippen LogP contribution is -2.26. The topological polar surface area (TPSA) is 59.8 Å². The maximum atomic E-state index is 13.6. The molecular weight excluding hydrogens is 402 g/mol. The number of pyridine rings is 1. The number of nitrogens with one attached hydrogen (secondary N) is 1. The Bertz CT molecular complexity index is 1010. The highest BCUT2D eigenvalue weighted by Gasteiger charge is 2.41. The summed E-state index contributed by atoms with van der Waals surface area (Å²) in [4.78, 5) is 16.1. The average molecular weight is 414 g/mol. The van der Waals surface area contributed by atoms with E-state index in [9.17, 15) is 31.1 Å². The second kappa shape index (κ2) is 7.57. The van der Waals surface area contributed by atoms with Crippen LogP contribution in [0, 0.1) is 0 Å². The van der Waals surface area contributed by atoms with Crippen LogP contribution in [0.1, 0.15) is 27.2 Å². The minimum atomic E-state index is -5.03. The van der Waals surface area contributed by atoms with Gasteiger partial charge in [0.25, 0.3) is 5.91 Å². The van der Waals surface area contributed by atoms with Crippen LogP contribution in [0.4, 0.5) is 26.3 Å². The molecule has 0 fully saturated rings. The van der Waals surface area contributed by atoms with Gasteiger partial charge in [-0.3, -0.25) is 9.78 Å². The summed E-state index contributed by atoms with van der Waals surface area (Å²) in [6.45, 7) is -0.0621. The lowest BCUT2D eigenvalue weighted by molar-refractivity contribution is -0.143. The molecule has 0 bridgehead atoms. The molecule has 1 N–H and O–H groups in total. The maximum Gasteiger partial charge on any atom is 0.434 e. The van der Waals surface area contributed by atoms with E-state index in [1.807, 2.05) is 0 Å². The number of alkyl halides is 6. The number of carbonyl (C=O) groups excluding carboxylic acids is 1. The van der Waals surface area contributed by atoms with Gasteiger partial charge in [0, 0.05) is 18.9 Å². The molecule has 0 aliphatic heterocycles. The van der Waals surface area contributed by atoms with Crippen LogP contribution in [0.2, 0.25) is 0 Å².